The van der Waals surface area contributed by atoms with Gasteiger partial charge in [-0.25, -0.2) is 0 Å². The summed E-state index contributed by atoms with van der Waals surface area (Å²) in [6, 6.07) is 10.8. The number of furan rings is 1. The van der Waals surface area contributed by atoms with E-state index in [0.717, 1.165) is 13.1 Å². The molecule has 0 bridgehead atoms. The van der Waals surface area contributed by atoms with Gasteiger partial charge in [0.2, 0.25) is 0 Å². The fraction of sp³-hybridized carbons (Fsp3) is 0.333. The summed E-state index contributed by atoms with van der Waals surface area (Å²) in [6.07, 6.45) is 3.57. The Morgan fingerprint density at radius 2 is 2.22 bits per heavy atom. The van der Waals surface area contributed by atoms with Crippen molar-refractivity contribution in [3.05, 3.63) is 54.0 Å². The third kappa shape index (κ3) is 2.47. The monoisotopic (exact) mass is 259 g/mol. The molecule has 0 N–H and O–H groups in total. The molecule has 94 valence electrons. The number of nitrogens with zero attached hydrogens (tertiary/aromatic N) is 1. The van der Waals surface area contributed by atoms with Gasteiger partial charge in [0.05, 0.1) is 12.5 Å². The fourth-order valence-corrected chi connectivity index (χ4v) is 3.76. The van der Waals surface area contributed by atoms with Gasteiger partial charge in [0.25, 0.3) is 0 Å². The maximum atomic E-state index is 5.11. The van der Waals surface area contributed by atoms with E-state index >= 15 is 0 Å². The van der Waals surface area contributed by atoms with E-state index in [1.165, 1.54) is 21.8 Å². The van der Waals surface area contributed by atoms with Crippen LogP contribution in [0, 0.1) is 0 Å². The van der Waals surface area contributed by atoms with Crippen molar-refractivity contribution in [2.24, 2.45) is 0 Å². The predicted molar refractivity (Wildman–Crippen MR) is 74.9 cm³/mol. The highest BCUT2D eigenvalue weighted by Gasteiger charge is 2.23. The average molecular weight is 259 g/mol. The summed E-state index contributed by atoms with van der Waals surface area (Å²) in [5.74, 6) is 1.86. The molecular formula is C15H17NOS. The van der Waals surface area contributed by atoms with Crippen LogP contribution < -0.4 is 0 Å². The van der Waals surface area contributed by atoms with Crippen LogP contribution in [-0.4, -0.2) is 24.2 Å². The van der Waals surface area contributed by atoms with E-state index in [1.54, 1.807) is 6.26 Å². The molecule has 3 heteroatoms. The minimum atomic E-state index is 0.656. The van der Waals surface area contributed by atoms with Gasteiger partial charge >= 0.3 is 0 Å². The minimum Gasteiger partial charge on any atom is -0.472 e. The topological polar surface area (TPSA) is 16.4 Å². The molecule has 2 heterocycles. The molecule has 1 atom stereocenters. The number of hydrogen-bond donors (Lipinski definition) is 0. The van der Waals surface area contributed by atoms with Crippen molar-refractivity contribution in [1.82, 2.24) is 4.90 Å². The Morgan fingerprint density at radius 3 is 3.06 bits per heavy atom. The van der Waals surface area contributed by atoms with Crippen LogP contribution in [0.1, 0.15) is 17.0 Å². The first kappa shape index (κ1) is 11.9. The number of fused-ring (bicyclic) bond motifs is 1. The summed E-state index contributed by atoms with van der Waals surface area (Å²) in [5.41, 5.74) is 2.76. The van der Waals surface area contributed by atoms with Crippen LogP contribution in [0.25, 0.3) is 0 Å². The van der Waals surface area contributed by atoms with E-state index in [9.17, 15) is 0 Å². The second-order valence-electron chi connectivity index (χ2n) is 4.87. The Hall–Kier alpha value is -1.19. The Balaban J connectivity index is 1.64. The van der Waals surface area contributed by atoms with E-state index in [-0.39, 0.29) is 0 Å². The molecule has 1 unspecified atom stereocenters. The first-order chi connectivity index (χ1) is 8.83. The Bertz CT molecular complexity index is 509. The largest absolute Gasteiger partial charge is 0.472 e. The lowest BCUT2D eigenvalue weighted by Gasteiger charge is -2.20. The first-order valence-electron chi connectivity index (χ1n) is 6.24. The molecule has 0 fully saturated rings. The zero-order chi connectivity index (χ0) is 12.4. The van der Waals surface area contributed by atoms with E-state index < -0.39 is 0 Å². The summed E-state index contributed by atoms with van der Waals surface area (Å²) >= 11 is 1.98. The van der Waals surface area contributed by atoms with Crippen LogP contribution in [0.15, 0.2) is 52.2 Å². The van der Waals surface area contributed by atoms with Crippen molar-refractivity contribution >= 4 is 11.8 Å². The molecule has 0 amide bonds. The average Bonchev–Trinajstić information content (AvgIpc) is 3.00. The molecule has 0 saturated carbocycles. The van der Waals surface area contributed by atoms with Crippen LogP contribution in [0.3, 0.4) is 0 Å². The van der Waals surface area contributed by atoms with Crippen molar-refractivity contribution in [2.75, 3.05) is 19.3 Å². The molecule has 0 radical (unpaired) electrons. The molecule has 18 heavy (non-hydrogen) atoms. The molecule has 0 aliphatic carbocycles. The van der Waals surface area contributed by atoms with Gasteiger partial charge in [0.15, 0.2) is 0 Å². The van der Waals surface area contributed by atoms with E-state index in [4.69, 9.17) is 4.42 Å². The summed E-state index contributed by atoms with van der Waals surface area (Å²) in [4.78, 5) is 3.83. The second-order valence-corrected chi connectivity index (χ2v) is 5.94. The summed E-state index contributed by atoms with van der Waals surface area (Å²) in [6.45, 7) is 2.06. The molecule has 2 nitrogen and oxygen atoms in total. The van der Waals surface area contributed by atoms with Crippen molar-refractivity contribution in [3.63, 3.8) is 0 Å². The van der Waals surface area contributed by atoms with Crippen LogP contribution in [0.4, 0.5) is 0 Å². The standard InChI is InChI=1S/C15H17NOS/c1-16(8-12-6-7-17-10-12)9-13-11-18-15-5-3-2-4-14(13)15/h2-7,10,13H,8-9,11H2,1H3. The fourth-order valence-electron chi connectivity index (χ4n) is 2.52. The smallest absolute Gasteiger partial charge is 0.0947 e. The van der Waals surface area contributed by atoms with E-state index in [1.807, 2.05) is 24.1 Å². The Morgan fingerprint density at radius 1 is 1.33 bits per heavy atom. The molecule has 0 spiro atoms. The van der Waals surface area contributed by atoms with Gasteiger partial charge in [0, 0.05) is 35.2 Å². The number of rotatable bonds is 4. The van der Waals surface area contributed by atoms with E-state index in [2.05, 4.69) is 36.2 Å². The summed E-state index contributed by atoms with van der Waals surface area (Å²) in [5, 5.41) is 0. The molecule has 0 saturated heterocycles. The van der Waals surface area contributed by atoms with Crippen molar-refractivity contribution in [2.45, 2.75) is 17.4 Å². The highest BCUT2D eigenvalue weighted by Crippen LogP contribution is 2.39. The van der Waals surface area contributed by atoms with Crippen molar-refractivity contribution in [1.29, 1.82) is 0 Å². The van der Waals surface area contributed by atoms with Gasteiger partial charge in [-0.05, 0) is 24.7 Å². The molecule has 1 aromatic carbocycles. The van der Waals surface area contributed by atoms with Gasteiger partial charge in [-0.1, -0.05) is 18.2 Å². The molecule has 1 aliphatic heterocycles. The number of likely N-dealkylation sites (N-methyl/N-ethyl adjacent to an activating group) is 1. The second kappa shape index (κ2) is 5.21. The van der Waals surface area contributed by atoms with E-state index in [0.29, 0.717) is 5.92 Å². The molecule has 3 rings (SSSR count). The van der Waals surface area contributed by atoms with Crippen LogP contribution in [-0.2, 0) is 6.54 Å². The summed E-state index contributed by atoms with van der Waals surface area (Å²) < 4.78 is 5.11. The Labute approximate surface area is 112 Å². The zero-order valence-electron chi connectivity index (χ0n) is 10.5. The first-order valence-corrected chi connectivity index (χ1v) is 7.23. The molecular weight excluding hydrogens is 242 g/mol. The number of thioether (sulfide) groups is 1. The predicted octanol–water partition coefficient (Wildman–Crippen LogP) is 3.60. The van der Waals surface area contributed by atoms with Gasteiger partial charge < -0.3 is 9.32 Å². The summed E-state index contributed by atoms with van der Waals surface area (Å²) in [7, 11) is 2.18. The maximum Gasteiger partial charge on any atom is 0.0947 e. The highest BCUT2D eigenvalue weighted by atomic mass is 32.2. The maximum absolute atomic E-state index is 5.11. The minimum absolute atomic E-state index is 0.656. The van der Waals surface area contributed by atoms with Crippen molar-refractivity contribution in [3.8, 4) is 0 Å². The van der Waals surface area contributed by atoms with Gasteiger partial charge in [0.1, 0.15) is 0 Å². The van der Waals surface area contributed by atoms with Crippen LogP contribution in [0.5, 0.6) is 0 Å². The highest BCUT2D eigenvalue weighted by molar-refractivity contribution is 7.99. The van der Waals surface area contributed by atoms with Crippen LogP contribution in [0.2, 0.25) is 0 Å². The third-order valence-corrected chi connectivity index (χ3v) is 4.62. The lowest BCUT2D eigenvalue weighted by molar-refractivity contribution is 0.310. The Kier molecular flexibility index (Phi) is 3.43. The van der Waals surface area contributed by atoms with Crippen molar-refractivity contribution < 1.29 is 4.42 Å². The van der Waals surface area contributed by atoms with Gasteiger partial charge in [-0.15, -0.1) is 11.8 Å². The van der Waals surface area contributed by atoms with Gasteiger partial charge in [-0.3, -0.25) is 0 Å². The van der Waals surface area contributed by atoms with Gasteiger partial charge in [-0.2, -0.15) is 0 Å². The SMILES string of the molecule is CN(Cc1ccoc1)CC1CSc2ccccc21. The molecule has 2 aromatic rings. The van der Waals surface area contributed by atoms with Crippen LogP contribution >= 0.6 is 11.8 Å². The number of hydrogen-bond acceptors (Lipinski definition) is 3. The normalized spacial score (nSPS) is 18.2. The quantitative estimate of drug-likeness (QED) is 0.834. The zero-order valence-corrected chi connectivity index (χ0v) is 11.3. The molecule has 1 aromatic heterocycles. The molecule has 1 aliphatic rings. The lowest BCUT2D eigenvalue weighted by Crippen LogP contribution is -2.24. The number of benzene rings is 1. The third-order valence-electron chi connectivity index (χ3n) is 3.36. The lowest BCUT2D eigenvalue weighted by atomic mass is 10.0.